The van der Waals surface area contributed by atoms with Gasteiger partial charge >= 0.3 is 5.97 Å². The molecule has 13 heavy (non-hydrogen) atoms. The van der Waals surface area contributed by atoms with E-state index in [9.17, 15) is 4.79 Å². The summed E-state index contributed by atoms with van der Waals surface area (Å²) in [5.74, 6) is 1.40. The van der Waals surface area contributed by atoms with E-state index in [4.69, 9.17) is 5.11 Å². The highest BCUT2D eigenvalue weighted by molar-refractivity contribution is 5.67. The summed E-state index contributed by atoms with van der Waals surface area (Å²) in [5, 5.41) is 8.77. The number of hydrogen-bond acceptors (Lipinski definition) is 1. The number of aliphatic carboxylic acids is 1. The van der Waals surface area contributed by atoms with Crippen LogP contribution in [0.4, 0.5) is 0 Å². The molecule has 0 spiro atoms. The zero-order valence-corrected chi connectivity index (χ0v) is 8.42. The molecule has 0 saturated heterocycles. The fraction of sp³-hybridized carbons (Fsp3) is 0.909. The molecule has 74 valence electrons. The number of carbonyl (C=O) groups is 1. The fourth-order valence-corrected chi connectivity index (χ4v) is 3.43. The standard InChI is InChI=1S/C11H18O2/c1-11(2)8-4-3-7(5-10(12)13)9(11)6-8/h7-9H,3-6H2,1-2H3,(H,12,13)/t7-,8-,9+/m0/s1. The van der Waals surface area contributed by atoms with E-state index in [0.717, 1.165) is 12.3 Å². The van der Waals surface area contributed by atoms with Gasteiger partial charge in [-0.15, -0.1) is 0 Å². The fourth-order valence-electron chi connectivity index (χ4n) is 3.43. The molecule has 1 N–H and O–H groups in total. The largest absolute Gasteiger partial charge is 0.481 e. The van der Waals surface area contributed by atoms with Crippen LogP contribution in [-0.4, -0.2) is 11.1 Å². The third-order valence-corrected chi connectivity index (χ3v) is 4.44. The molecule has 0 heterocycles. The van der Waals surface area contributed by atoms with Crippen molar-refractivity contribution in [3.63, 3.8) is 0 Å². The van der Waals surface area contributed by atoms with Gasteiger partial charge in [-0.05, 0) is 42.4 Å². The van der Waals surface area contributed by atoms with Crippen LogP contribution in [-0.2, 0) is 4.79 Å². The van der Waals surface area contributed by atoms with Crippen LogP contribution in [0, 0.1) is 23.2 Å². The maximum atomic E-state index is 10.6. The van der Waals surface area contributed by atoms with Gasteiger partial charge < -0.3 is 5.11 Å². The molecule has 0 unspecified atom stereocenters. The van der Waals surface area contributed by atoms with Crippen molar-refractivity contribution in [1.82, 2.24) is 0 Å². The first-order chi connectivity index (χ1) is 6.01. The number of rotatable bonds is 2. The summed E-state index contributed by atoms with van der Waals surface area (Å²) in [6, 6.07) is 0. The summed E-state index contributed by atoms with van der Waals surface area (Å²) in [5.41, 5.74) is 0.429. The maximum absolute atomic E-state index is 10.6. The molecular formula is C11H18O2. The van der Waals surface area contributed by atoms with E-state index in [2.05, 4.69) is 13.8 Å². The Balaban J connectivity index is 2.03. The van der Waals surface area contributed by atoms with Crippen LogP contribution < -0.4 is 0 Å². The first-order valence-corrected chi connectivity index (χ1v) is 5.23. The first-order valence-electron chi connectivity index (χ1n) is 5.23. The Morgan fingerprint density at radius 3 is 2.62 bits per heavy atom. The lowest BCUT2D eigenvalue weighted by Crippen LogP contribution is -2.52. The van der Waals surface area contributed by atoms with Gasteiger partial charge in [0.05, 0.1) is 0 Å². The molecule has 3 saturated carbocycles. The second-order valence-corrected chi connectivity index (χ2v) is 5.30. The normalized spacial score (nSPS) is 40.9. The molecule has 3 aliphatic rings. The van der Waals surface area contributed by atoms with Gasteiger partial charge in [-0.3, -0.25) is 4.79 Å². The van der Waals surface area contributed by atoms with Crippen molar-refractivity contribution in [3.8, 4) is 0 Å². The van der Waals surface area contributed by atoms with Crippen molar-refractivity contribution in [3.05, 3.63) is 0 Å². The third kappa shape index (κ3) is 1.27. The van der Waals surface area contributed by atoms with Crippen molar-refractivity contribution in [2.24, 2.45) is 23.2 Å². The summed E-state index contributed by atoms with van der Waals surface area (Å²) in [7, 11) is 0. The van der Waals surface area contributed by atoms with E-state index < -0.39 is 5.97 Å². The van der Waals surface area contributed by atoms with Gasteiger partial charge in [0.15, 0.2) is 0 Å². The molecule has 2 bridgehead atoms. The number of hydrogen-bond donors (Lipinski definition) is 1. The van der Waals surface area contributed by atoms with Gasteiger partial charge in [0, 0.05) is 6.42 Å². The molecule has 3 fully saturated rings. The Bertz CT molecular complexity index is 230. The molecule has 2 heteroatoms. The Morgan fingerprint density at radius 2 is 2.15 bits per heavy atom. The van der Waals surface area contributed by atoms with Crippen molar-refractivity contribution in [2.75, 3.05) is 0 Å². The lowest BCUT2D eigenvalue weighted by molar-refractivity contribution is -0.146. The second-order valence-electron chi connectivity index (χ2n) is 5.30. The molecule has 0 aromatic rings. The average molecular weight is 182 g/mol. The molecule has 0 aromatic carbocycles. The van der Waals surface area contributed by atoms with Crippen LogP contribution in [0.15, 0.2) is 0 Å². The van der Waals surface area contributed by atoms with Crippen molar-refractivity contribution in [1.29, 1.82) is 0 Å². The minimum atomic E-state index is -0.619. The summed E-state index contributed by atoms with van der Waals surface area (Å²) in [4.78, 5) is 10.6. The molecule has 3 atom stereocenters. The molecular weight excluding hydrogens is 164 g/mol. The highest BCUT2D eigenvalue weighted by atomic mass is 16.4. The molecule has 3 rings (SSSR count). The Hall–Kier alpha value is -0.530. The second kappa shape index (κ2) is 2.73. The highest BCUT2D eigenvalue weighted by Crippen LogP contribution is 2.61. The topological polar surface area (TPSA) is 37.3 Å². The van der Waals surface area contributed by atoms with Crippen LogP contribution in [0.3, 0.4) is 0 Å². The molecule has 3 aliphatic carbocycles. The number of fused-ring (bicyclic) bond motifs is 2. The van der Waals surface area contributed by atoms with Crippen molar-refractivity contribution >= 4 is 5.97 Å². The molecule has 0 radical (unpaired) electrons. The van der Waals surface area contributed by atoms with Gasteiger partial charge in [0.25, 0.3) is 0 Å². The van der Waals surface area contributed by atoms with E-state index in [1.165, 1.54) is 12.8 Å². The van der Waals surface area contributed by atoms with Gasteiger partial charge in [-0.1, -0.05) is 13.8 Å². The SMILES string of the molecule is CC1(C)[C@H]2CC[C@@H](CC(=O)O)[C@H]1C2. The molecule has 0 amide bonds. The summed E-state index contributed by atoms with van der Waals surface area (Å²) in [6.45, 7) is 4.61. The van der Waals surface area contributed by atoms with Crippen molar-refractivity contribution in [2.45, 2.75) is 39.5 Å². The van der Waals surface area contributed by atoms with Crippen LogP contribution in [0.2, 0.25) is 0 Å². The third-order valence-electron chi connectivity index (χ3n) is 4.44. The smallest absolute Gasteiger partial charge is 0.303 e. The summed E-state index contributed by atoms with van der Waals surface area (Å²) < 4.78 is 0. The van der Waals surface area contributed by atoms with E-state index >= 15 is 0 Å². The summed E-state index contributed by atoms with van der Waals surface area (Å²) >= 11 is 0. The van der Waals surface area contributed by atoms with E-state index in [-0.39, 0.29) is 0 Å². The lowest BCUT2D eigenvalue weighted by atomic mass is 9.45. The molecule has 2 nitrogen and oxygen atoms in total. The Kier molecular flexibility index (Phi) is 1.90. The Morgan fingerprint density at radius 1 is 1.46 bits per heavy atom. The van der Waals surface area contributed by atoms with E-state index in [1.54, 1.807) is 0 Å². The van der Waals surface area contributed by atoms with Gasteiger partial charge in [-0.2, -0.15) is 0 Å². The zero-order valence-electron chi connectivity index (χ0n) is 8.42. The molecule has 0 aromatic heterocycles. The monoisotopic (exact) mass is 182 g/mol. The maximum Gasteiger partial charge on any atom is 0.303 e. The first kappa shape index (κ1) is 9.04. The minimum absolute atomic E-state index is 0.390. The van der Waals surface area contributed by atoms with Gasteiger partial charge in [-0.25, -0.2) is 0 Å². The van der Waals surface area contributed by atoms with Crippen molar-refractivity contribution < 1.29 is 9.90 Å². The van der Waals surface area contributed by atoms with E-state index in [0.29, 0.717) is 23.7 Å². The van der Waals surface area contributed by atoms with E-state index in [1.807, 2.05) is 0 Å². The van der Waals surface area contributed by atoms with Crippen LogP contribution in [0.1, 0.15) is 39.5 Å². The zero-order chi connectivity index (χ0) is 9.64. The minimum Gasteiger partial charge on any atom is -0.481 e. The number of carboxylic acid groups (broad SMARTS) is 1. The summed E-state index contributed by atoms with van der Waals surface area (Å²) in [6.07, 6.45) is 4.07. The molecule has 0 aliphatic heterocycles. The predicted octanol–water partition coefficient (Wildman–Crippen LogP) is 2.53. The predicted molar refractivity (Wildman–Crippen MR) is 50.4 cm³/mol. The lowest BCUT2D eigenvalue weighted by Gasteiger charge is -2.60. The quantitative estimate of drug-likeness (QED) is 0.712. The van der Waals surface area contributed by atoms with Gasteiger partial charge in [0.1, 0.15) is 0 Å². The number of carboxylic acids is 1. The van der Waals surface area contributed by atoms with Crippen LogP contribution in [0.25, 0.3) is 0 Å². The van der Waals surface area contributed by atoms with Crippen LogP contribution >= 0.6 is 0 Å². The van der Waals surface area contributed by atoms with Crippen LogP contribution in [0.5, 0.6) is 0 Å². The van der Waals surface area contributed by atoms with Gasteiger partial charge in [0.2, 0.25) is 0 Å². The highest BCUT2D eigenvalue weighted by Gasteiger charge is 2.54. The Labute approximate surface area is 79.3 Å². The average Bonchev–Trinajstić information content (AvgIpc) is 2.03.